The fourth-order valence-electron chi connectivity index (χ4n) is 2.61. The first-order chi connectivity index (χ1) is 12.4. The summed E-state index contributed by atoms with van der Waals surface area (Å²) < 4.78 is 32.9. The quantitative estimate of drug-likeness (QED) is 0.559. The zero-order valence-corrected chi connectivity index (χ0v) is 15.1. The Morgan fingerprint density at radius 2 is 1.96 bits per heavy atom. The Morgan fingerprint density at radius 1 is 1.19 bits per heavy atom. The van der Waals surface area contributed by atoms with Gasteiger partial charge >= 0.3 is 5.76 Å². The van der Waals surface area contributed by atoms with E-state index >= 15 is 0 Å². The van der Waals surface area contributed by atoms with Crippen LogP contribution in [0.2, 0.25) is 0 Å². The Bertz CT molecular complexity index is 1250. The Labute approximate surface area is 152 Å². The van der Waals surface area contributed by atoms with Crippen LogP contribution in [0.5, 0.6) is 0 Å². The molecule has 0 aliphatic carbocycles. The van der Waals surface area contributed by atoms with Crippen LogP contribution in [-0.4, -0.2) is 18.4 Å². The van der Waals surface area contributed by atoms with Gasteiger partial charge in [-0.05, 0) is 18.6 Å². The zero-order valence-electron chi connectivity index (χ0n) is 13.5. The van der Waals surface area contributed by atoms with E-state index in [1.54, 1.807) is 18.4 Å². The van der Waals surface area contributed by atoms with Crippen LogP contribution in [0.4, 0.5) is 5.13 Å². The number of H-pyrrole nitrogens is 1. The smallest absolute Gasteiger partial charge is 0.408 e. The van der Waals surface area contributed by atoms with Gasteiger partial charge in [-0.1, -0.05) is 30.3 Å². The van der Waals surface area contributed by atoms with Crippen molar-refractivity contribution in [1.29, 1.82) is 0 Å². The van der Waals surface area contributed by atoms with Gasteiger partial charge in [0.2, 0.25) is 0 Å². The standard InChI is InChI=1S/C17H13N3O4S2/c1-10-7-12-14(24-17(21)19-12)8-15(10)26(22,23)20-16-18-13(9-25-16)11-5-3-2-4-6-11/h2-9H,1H3,(H,18,20)(H,19,21). The van der Waals surface area contributed by atoms with E-state index in [9.17, 15) is 13.2 Å². The van der Waals surface area contributed by atoms with Crippen molar-refractivity contribution >= 4 is 37.6 Å². The van der Waals surface area contributed by atoms with E-state index in [-0.39, 0.29) is 15.6 Å². The highest BCUT2D eigenvalue weighted by atomic mass is 32.2. The van der Waals surface area contributed by atoms with Crippen molar-refractivity contribution in [3.8, 4) is 11.3 Å². The van der Waals surface area contributed by atoms with Crippen molar-refractivity contribution in [2.45, 2.75) is 11.8 Å². The molecule has 0 radical (unpaired) electrons. The minimum atomic E-state index is -3.87. The Kier molecular flexibility index (Phi) is 3.89. The van der Waals surface area contributed by atoms with Crippen LogP contribution >= 0.6 is 11.3 Å². The van der Waals surface area contributed by atoms with Crippen LogP contribution in [-0.2, 0) is 10.0 Å². The highest BCUT2D eigenvalue weighted by Gasteiger charge is 2.21. The third kappa shape index (κ3) is 3.02. The Hall–Kier alpha value is -2.91. The number of benzene rings is 2. The van der Waals surface area contributed by atoms with Gasteiger partial charge in [0.05, 0.1) is 16.1 Å². The second-order valence-corrected chi connectivity index (χ2v) is 8.15. The van der Waals surface area contributed by atoms with Crippen LogP contribution in [0.3, 0.4) is 0 Å². The van der Waals surface area contributed by atoms with Crippen LogP contribution in [0.25, 0.3) is 22.4 Å². The van der Waals surface area contributed by atoms with Gasteiger partial charge in [-0.2, -0.15) is 0 Å². The van der Waals surface area contributed by atoms with Crippen molar-refractivity contribution in [2.75, 3.05) is 4.72 Å². The summed E-state index contributed by atoms with van der Waals surface area (Å²) in [5, 5.41) is 2.05. The van der Waals surface area contributed by atoms with Crippen LogP contribution in [0.1, 0.15) is 5.56 Å². The minimum absolute atomic E-state index is 0.0317. The van der Waals surface area contributed by atoms with Gasteiger partial charge in [-0.15, -0.1) is 11.3 Å². The van der Waals surface area contributed by atoms with E-state index in [1.165, 1.54) is 17.4 Å². The van der Waals surface area contributed by atoms with Crippen molar-refractivity contribution in [3.05, 3.63) is 64.0 Å². The summed E-state index contributed by atoms with van der Waals surface area (Å²) in [5.41, 5.74) is 2.72. The first-order valence-corrected chi connectivity index (χ1v) is 9.96. The molecule has 0 aliphatic rings. The lowest BCUT2D eigenvalue weighted by Crippen LogP contribution is -2.14. The molecule has 0 bridgehead atoms. The summed E-state index contributed by atoms with van der Waals surface area (Å²) in [7, 11) is -3.87. The normalized spacial score (nSPS) is 11.7. The molecule has 0 aliphatic heterocycles. The largest absolute Gasteiger partial charge is 0.417 e. The molecule has 0 saturated heterocycles. The summed E-state index contributed by atoms with van der Waals surface area (Å²) in [5.74, 6) is -0.630. The summed E-state index contributed by atoms with van der Waals surface area (Å²) in [4.78, 5) is 18.2. The maximum atomic E-state index is 12.7. The number of oxazole rings is 1. The van der Waals surface area contributed by atoms with Crippen LogP contribution in [0, 0.1) is 6.92 Å². The number of nitrogens with one attached hydrogen (secondary N) is 2. The predicted molar refractivity (Wildman–Crippen MR) is 99.9 cm³/mol. The molecular formula is C17H13N3O4S2. The molecular weight excluding hydrogens is 374 g/mol. The first kappa shape index (κ1) is 16.6. The van der Waals surface area contributed by atoms with E-state index in [0.717, 1.165) is 5.56 Å². The summed E-state index contributed by atoms with van der Waals surface area (Å²) in [6.45, 7) is 1.65. The summed E-state index contributed by atoms with van der Waals surface area (Å²) >= 11 is 1.20. The van der Waals surface area contributed by atoms with Crippen LogP contribution in [0.15, 0.2) is 62.0 Å². The third-order valence-electron chi connectivity index (χ3n) is 3.80. The zero-order chi connectivity index (χ0) is 18.3. The summed E-state index contributed by atoms with van der Waals surface area (Å²) in [6, 6.07) is 12.4. The molecule has 2 aromatic carbocycles. The van der Waals surface area contributed by atoms with Crippen LogP contribution < -0.4 is 10.5 Å². The van der Waals surface area contributed by atoms with Crippen molar-refractivity contribution in [2.24, 2.45) is 0 Å². The molecule has 2 aromatic heterocycles. The lowest BCUT2D eigenvalue weighted by Gasteiger charge is -2.08. The minimum Gasteiger partial charge on any atom is -0.408 e. The van der Waals surface area contributed by atoms with E-state index < -0.39 is 15.8 Å². The molecule has 0 fully saturated rings. The molecule has 26 heavy (non-hydrogen) atoms. The second-order valence-electron chi connectivity index (χ2n) is 5.64. The van der Waals surface area contributed by atoms with E-state index in [2.05, 4.69) is 14.7 Å². The molecule has 9 heteroatoms. The number of rotatable bonds is 4. The highest BCUT2D eigenvalue weighted by molar-refractivity contribution is 7.93. The van der Waals surface area contributed by atoms with Gasteiger partial charge < -0.3 is 4.42 Å². The second kappa shape index (κ2) is 6.11. The monoisotopic (exact) mass is 387 g/mol. The van der Waals surface area contributed by atoms with Crippen molar-refractivity contribution in [1.82, 2.24) is 9.97 Å². The predicted octanol–water partition coefficient (Wildman–Crippen LogP) is 3.35. The lowest BCUT2D eigenvalue weighted by atomic mass is 10.2. The molecule has 0 saturated carbocycles. The molecule has 132 valence electrons. The fourth-order valence-corrected chi connectivity index (χ4v) is 4.82. The summed E-state index contributed by atoms with van der Waals surface area (Å²) in [6.07, 6.45) is 0. The SMILES string of the molecule is Cc1cc2[nH]c(=O)oc2cc1S(=O)(=O)Nc1nc(-c2ccccc2)cs1. The molecule has 0 amide bonds. The lowest BCUT2D eigenvalue weighted by molar-refractivity contribution is 0.554. The molecule has 2 N–H and O–H groups in total. The number of aromatic nitrogens is 2. The average Bonchev–Trinajstić information content (AvgIpc) is 3.19. The molecule has 4 rings (SSSR count). The van der Waals surface area contributed by atoms with Gasteiger partial charge in [0.25, 0.3) is 10.0 Å². The van der Waals surface area contributed by atoms with Gasteiger partial charge in [-0.25, -0.2) is 18.2 Å². The van der Waals surface area contributed by atoms with Gasteiger partial charge in [0.1, 0.15) is 0 Å². The number of hydrogen-bond donors (Lipinski definition) is 2. The number of nitrogens with zero attached hydrogens (tertiary/aromatic N) is 1. The molecule has 0 atom stereocenters. The number of thiazole rings is 1. The first-order valence-electron chi connectivity index (χ1n) is 7.60. The number of sulfonamides is 1. The molecule has 7 nitrogen and oxygen atoms in total. The Balaban J connectivity index is 1.69. The molecule has 2 heterocycles. The number of aromatic amines is 1. The van der Waals surface area contributed by atoms with Crippen molar-refractivity contribution in [3.63, 3.8) is 0 Å². The topological polar surface area (TPSA) is 105 Å². The number of fused-ring (bicyclic) bond motifs is 1. The van der Waals surface area contributed by atoms with Gasteiger partial charge in [0, 0.05) is 17.0 Å². The van der Waals surface area contributed by atoms with E-state index in [0.29, 0.717) is 16.8 Å². The molecule has 4 aromatic rings. The maximum Gasteiger partial charge on any atom is 0.417 e. The Morgan fingerprint density at radius 3 is 2.73 bits per heavy atom. The molecule has 0 unspecified atom stereocenters. The number of aryl methyl sites for hydroxylation is 1. The fraction of sp³-hybridized carbons (Fsp3) is 0.0588. The van der Waals surface area contributed by atoms with Crippen molar-refractivity contribution < 1.29 is 12.8 Å². The third-order valence-corrected chi connectivity index (χ3v) is 6.17. The maximum absolute atomic E-state index is 12.7. The molecule has 0 spiro atoms. The number of hydrogen-bond acceptors (Lipinski definition) is 6. The van der Waals surface area contributed by atoms with E-state index in [4.69, 9.17) is 4.42 Å². The highest BCUT2D eigenvalue weighted by Crippen LogP contribution is 2.28. The van der Waals surface area contributed by atoms with Gasteiger partial charge in [0.15, 0.2) is 10.7 Å². The number of anilines is 1. The van der Waals surface area contributed by atoms with Gasteiger partial charge in [-0.3, -0.25) is 9.71 Å². The average molecular weight is 387 g/mol. The van der Waals surface area contributed by atoms with E-state index in [1.807, 2.05) is 30.3 Å².